The Labute approximate surface area is 243 Å². The molecule has 0 aromatic heterocycles. The highest BCUT2D eigenvalue weighted by atomic mass is 19.4. The maximum absolute atomic E-state index is 13.6. The minimum Gasteiger partial charge on any atom is -0.350 e. The van der Waals surface area contributed by atoms with Gasteiger partial charge in [-0.1, -0.05) is 12.1 Å². The number of rotatable bonds is 6. The van der Waals surface area contributed by atoms with Crippen molar-refractivity contribution < 1.29 is 46.3 Å². The number of likely N-dealkylation sites (N-methyl/N-ethyl adjacent to an activating group) is 1. The van der Waals surface area contributed by atoms with Crippen molar-refractivity contribution in [1.82, 2.24) is 25.8 Å². The number of hydrogen-bond donors (Lipinski definition) is 3. The zero-order valence-electron chi connectivity index (χ0n) is 23.6. The normalized spacial score (nSPS) is 24.9. The van der Waals surface area contributed by atoms with Gasteiger partial charge in [-0.25, -0.2) is 9.38 Å². The zero-order valence-corrected chi connectivity index (χ0v) is 23.6. The summed E-state index contributed by atoms with van der Waals surface area (Å²) in [6.07, 6.45) is -5.19. The van der Waals surface area contributed by atoms with Crippen LogP contribution in [0.1, 0.15) is 36.8 Å². The number of aliphatic imine (C=N–C) groups is 1. The monoisotopic (exact) mass is 610 g/mol. The molecule has 5 amide bonds. The first kappa shape index (κ1) is 31.6. The quantitative estimate of drug-likeness (QED) is 0.236. The van der Waals surface area contributed by atoms with Crippen LogP contribution >= 0.6 is 0 Å². The van der Waals surface area contributed by atoms with E-state index < -0.39 is 77.4 Å². The Hall–Kier alpha value is -4.37. The summed E-state index contributed by atoms with van der Waals surface area (Å²) in [6.45, 7) is -0.746. The van der Waals surface area contributed by atoms with Crippen molar-refractivity contribution >= 4 is 41.2 Å². The molecule has 1 atom stereocenters. The third kappa shape index (κ3) is 6.22. The number of amidine groups is 1. The molecule has 1 aromatic carbocycles. The van der Waals surface area contributed by atoms with E-state index in [-0.39, 0.29) is 38.1 Å². The molecule has 2 bridgehead atoms. The average Bonchev–Trinajstić information content (AvgIpc) is 3.17. The summed E-state index contributed by atoms with van der Waals surface area (Å²) in [5.41, 5.74) is -2.33. The van der Waals surface area contributed by atoms with Gasteiger partial charge in [-0.15, -0.1) is 0 Å². The van der Waals surface area contributed by atoms with Crippen LogP contribution in [0.4, 0.5) is 17.6 Å². The molecule has 12 nitrogen and oxygen atoms in total. The minimum absolute atomic E-state index is 0.120. The summed E-state index contributed by atoms with van der Waals surface area (Å²) >= 11 is 0. The van der Waals surface area contributed by atoms with E-state index in [0.717, 1.165) is 9.80 Å². The lowest BCUT2D eigenvalue weighted by molar-refractivity contribution is -0.150. The van der Waals surface area contributed by atoms with Crippen molar-refractivity contribution in [1.29, 1.82) is 0 Å². The van der Waals surface area contributed by atoms with E-state index in [1.807, 2.05) is 5.32 Å². The summed E-state index contributed by atoms with van der Waals surface area (Å²) in [4.78, 5) is 84.2. The Morgan fingerprint density at radius 2 is 1.72 bits per heavy atom. The molecular formula is C27H30F4N6O6. The Kier molecular flexibility index (Phi) is 8.35. The first-order valence-electron chi connectivity index (χ1n) is 13.3. The first-order valence-corrected chi connectivity index (χ1v) is 13.3. The fourth-order valence-electron chi connectivity index (χ4n) is 5.57. The molecule has 1 unspecified atom stereocenters. The minimum atomic E-state index is -4.70. The first-order chi connectivity index (χ1) is 20.0. The van der Waals surface area contributed by atoms with Gasteiger partial charge in [0.1, 0.15) is 18.2 Å². The van der Waals surface area contributed by atoms with Crippen LogP contribution in [-0.2, 0) is 35.3 Å². The second-order valence-electron chi connectivity index (χ2n) is 11.2. The number of nitrogens with zero attached hydrogens (tertiary/aromatic N) is 3. The van der Waals surface area contributed by atoms with Gasteiger partial charge >= 0.3 is 18.0 Å². The van der Waals surface area contributed by atoms with Crippen molar-refractivity contribution in [2.24, 2.45) is 10.4 Å². The van der Waals surface area contributed by atoms with Crippen LogP contribution in [0.25, 0.3) is 0 Å². The van der Waals surface area contributed by atoms with Gasteiger partial charge in [0.05, 0.1) is 11.0 Å². The molecule has 3 heterocycles. The standard InChI is InChI=1S/C27H30F4N6O6/c1-14-10-15(4-5-16(14)28)11-32-19(39)17-18(38)21(41)37-13-25(24(43)33-12-27(29,30)31)6-8-26(9-7-25,23(37)34-17)35-20(40)22(42)36(2)3/h4-5,10,17H,6-9,11-13H2,1-3H3,(H,32,39)(H,33,43)(H,35,40). The second kappa shape index (κ2) is 11.4. The molecule has 2 saturated heterocycles. The van der Waals surface area contributed by atoms with E-state index in [1.54, 1.807) is 0 Å². The Balaban J connectivity index is 1.69. The number of benzene rings is 1. The second-order valence-corrected chi connectivity index (χ2v) is 11.2. The molecule has 1 saturated carbocycles. The number of fused-ring (bicyclic) bond motifs is 2. The van der Waals surface area contributed by atoms with Crippen LogP contribution < -0.4 is 16.0 Å². The highest BCUT2D eigenvalue weighted by Gasteiger charge is 2.60. The zero-order chi connectivity index (χ0) is 31.9. The molecule has 1 aliphatic carbocycles. The number of hydrogen-bond acceptors (Lipinski definition) is 7. The summed E-state index contributed by atoms with van der Waals surface area (Å²) in [6, 6.07) is 2.22. The lowest BCUT2D eigenvalue weighted by Crippen LogP contribution is -2.65. The van der Waals surface area contributed by atoms with E-state index in [0.29, 0.717) is 11.1 Å². The number of ketones is 1. The lowest BCUT2D eigenvalue weighted by Gasteiger charge is -2.42. The van der Waals surface area contributed by atoms with Crippen LogP contribution in [0.3, 0.4) is 0 Å². The molecule has 43 heavy (non-hydrogen) atoms. The third-order valence-electron chi connectivity index (χ3n) is 7.98. The molecule has 16 heteroatoms. The number of alkyl halides is 3. The maximum atomic E-state index is 13.6. The number of amides is 5. The molecule has 3 aliphatic heterocycles. The van der Waals surface area contributed by atoms with Gasteiger partial charge in [0, 0.05) is 27.2 Å². The van der Waals surface area contributed by atoms with Gasteiger partial charge < -0.3 is 20.9 Å². The molecule has 5 rings (SSSR count). The Morgan fingerprint density at radius 1 is 1.07 bits per heavy atom. The topological polar surface area (TPSA) is 157 Å². The third-order valence-corrected chi connectivity index (χ3v) is 7.98. The van der Waals surface area contributed by atoms with E-state index in [9.17, 15) is 46.3 Å². The van der Waals surface area contributed by atoms with Crippen LogP contribution in [0.5, 0.6) is 0 Å². The molecule has 4 aliphatic rings. The number of carbonyl (C=O) groups is 6. The van der Waals surface area contributed by atoms with Crippen LogP contribution in [-0.4, -0.2) is 95.9 Å². The van der Waals surface area contributed by atoms with Gasteiger partial charge in [0.2, 0.25) is 5.91 Å². The van der Waals surface area contributed by atoms with Crippen molar-refractivity contribution in [2.45, 2.75) is 56.9 Å². The molecule has 3 N–H and O–H groups in total. The largest absolute Gasteiger partial charge is 0.405 e. The summed E-state index contributed by atoms with van der Waals surface area (Å²) in [7, 11) is 2.67. The Bertz CT molecular complexity index is 1420. The van der Waals surface area contributed by atoms with Crippen molar-refractivity contribution in [2.75, 3.05) is 27.2 Å². The van der Waals surface area contributed by atoms with Gasteiger partial charge in [-0.3, -0.25) is 33.7 Å². The summed E-state index contributed by atoms with van der Waals surface area (Å²) in [5, 5.41) is 6.91. The number of Topliss-reactive ketones (excluding diaryl/α,β-unsaturated/α-hetero) is 1. The summed E-state index contributed by atoms with van der Waals surface area (Å²) < 4.78 is 52.2. The number of aryl methyl sites for hydroxylation is 1. The fraction of sp³-hybridized carbons (Fsp3) is 0.519. The molecular weight excluding hydrogens is 580 g/mol. The van der Waals surface area contributed by atoms with Crippen LogP contribution in [0.2, 0.25) is 0 Å². The van der Waals surface area contributed by atoms with Crippen molar-refractivity contribution in [3.63, 3.8) is 0 Å². The van der Waals surface area contributed by atoms with Gasteiger partial charge in [0.15, 0.2) is 6.04 Å². The molecule has 0 radical (unpaired) electrons. The van der Waals surface area contributed by atoms with Crippen molar-refractivity contribution in [3.8, 4) is 0 Å². The van der Waals surface area contributed by atoms with Crippen molar-refractivity contribution in [3.05, 3.63) is 35.1 Å². The fourth-order valence-corrected chi connectivity index (χ4v) is 5.57. The van der Waals surface area contributed by atoms with E-state index in [2.05, 4.69) is 15.6 Å². The molecule has 232 valence electrons. The van der Waals surface area contributed by atoms with Crippen LogP contribution in [0.15, 0.2) is 23.2 Å². The number of carbonyl (C=O) groups excluding carboxylic acids is 6. The SMILES string of the molecule is Cc1cc(CNC(=O)C2N=C3N(CC4(C(=O)NCC(F)(F)F)CCC3(NC(=O)C(=O)N(C)C)CC4)C(=O)C2=O)ccc1F. The molecule has 3 fully saturated rings. The van der Waals surface area contributed by atoms with E-state index in [1.165, 1.54) is 39.2 Å². The lowest BCUT2D eigenvalue weighted by atomic mass is 9.68. The number of nitrogens with one attached hydrogen (secondary N) is 3. The highest BCUT2D eigenvalue weighted by molar-refractivity contribution is 6.46. The number of halogens is 4. The van der Waals surface area contributed by atoms with Gasteiger partial charge in [-0.05, 0) is 49.8 Å². The predicted octanol–water partition coefficient (Wildman–Crippen LogP) is 0.124. The Morgan fingerprint density at radius 3 is 2.30 bits per heavy atom. The highest BCUT2D eigenvalue weighted by Crippen LogP contribution is 2.47. The smallest absolute Gasteiger partial charge is 0.350 e. The average molecular weight is 611 g/mol. The van der Waals surface area contributed by atoms with Crippen LogP contribution in [0, 0.1) is 18.2 Å². The summed E-state index contributed by atoms with van der Waals surface area (Å²) in [5.74, 6) is -7.18. The molecule has 1 aromatic rings. The molecule has 0 spiro atoms. The van der Waals surface area contributed by atoms with E-state index >= 15 is 0 Å². The maximum Gasteiger partial charge on any atom is 0.405 e. The van der Waals surface area contributed by atoms with E-state index in [4.69, 9.17) is 0 Å². The predicted molar refractivity (Wildman–Crippen MR) is 140 cm³/mol. The van der Waals surface area contributed by atoms with Gasteiger partial charge in [0.25, 0.3) is 17.6 Å². The van der Waals surface area contributed by atoms with Gasteiger partial charge in [-0.2, -0.15) is 13.2 Å².